The van der Waals surface area contributed by atoms with Crippen molar-refractivity contribution >= 4 is 23.5 Å². The van der Waals surface area contributed by atoms with E-state index in [9.17, 15) is 13.2 Å². The number of hydrogen-bond acceptors (Lipinski definition) is 6. The predicted molar refractivity (Wildman–Crippen MR) is 73.4 cm³/mol. The number of hydrogen-bond donors (Lipinski definition) is 3. The van der Waals surface area contributed by atoms with Gasteiger partial charge in [-0.25, -0.2) is 10.8 Å². The van der Waals surface area contributed by atoms with Crippen LogP contribution in [-0.4, -0.2) is 27.5 Å². The first-order valence-electron chi connectivity index (χ1n) is 6.10. The monoisotopic (exact) mass is 307 g/mol. The van der Waals surface area contributed by atoms with E-state index in [1.165, 1.54) is 0 Å². The molecule has 1 saturated carbocycles. The number of nitrogen functional groups attached to an aromatic ring is 1. The largest absolute Gasteiger partial charge is 0.433 e. The maximum atomic E-state index is 12.7. The highest BCUT2D eigenvalue weighted by atomic mass is 32.2. The lowest BCUT2D eigenvalue weighted by molar-refractivity contribution is -0.141. The summed E-state index contributed by atoms with van der Waals surface area (Å²) < 4.78 is 38.2. The van der Waals surface area contributed by atoms with E-state index in [1.807, 2.05) is 6.26 Å². The summed E-state index contributed by atoms with van der Waals surface area (Å²) in [6.07, 6.45) is 0.740. The molecule has 5 nitrogen and oxygen atoms in total. The Kier molecular flexibility index (Phi) is 4.28. The van der Waals surface area contributed by atoms with Crippen LogP contribution in [0.15, 0.2) is 6.07 Å². The van der Waals surface area contributed by atoms with Gasteiger partial charge < -0.3 is 5.32 Å². The van der Waals surface area contributed by atoms with Gasteiger partial charge in [-0.2, -0.15) is 29.9 Å². The number of halogens is 3. The molecule has 1 aromatic heterocycles. The first-order chi connectivity index (χ1) is 9.38. The second-order valence-electron chi connectivity index (χ2n) is 4.70. The van der Waals surface area contributed by atoms with E-state index in [2.05, 4.69) is 20.7 Å². The van der Waals surface area contributed by atoms with Gasteiger partial charge in [0.15, 0.2) is 5.69 Å². The van der Waals surface area contributed by atoms with Crippen LogP contribution in [0.2, 0.25) is 0 Å². The summed E-state index contributed by atoms with van der Waals surface area (Å²) in [6, 6.07) is 0.896. The maximum absolute atomic E-state index is 12.7. The molecule has 112 valence electrons. The molecule has 0 unspecified atom stereocenters. The highest BCUT2D eigenvalue weighted by Crippen LogP contribution is 2.42. The molecule has 9 heteroatoms. The Morgan fingerprint density at radius 3 is 2.55 bits per heavy atom. The third kappa shape index (κ3) is 3.26. The number of nitrogens with two attached hydrogens (primary N) is 1. The minimum Gasteiger partial charge on any atom is -0.368 e. The first-order valence-corrected chi connectivity index (χ1v) is 7.33. The average molecular weight is 307 g/mol. The zero-order valence-electron chi connectivity index (χ0n) is 10.9. The number of aromatic nitrogens is 2. The Balaban J connectivity index is 2.14. The van der Waals surface area contributed by atoms with Crippen molar-refractivity contribution in [3.8, 4) is 0 Å². The maximum Gasteiger partial charge on any atom is 0.433 e. The molecule has 0 radical (unpaired) electrons. The van der Waals surface area contributed by atoms with Gasteiger partial charge in [0, 0.05) is 17.4 Å². The number of nitrogens with zero attached hydrogens (tertiary/aromatic N) is 2. The second-order valence-corrected chi connectivity index (χ2v) is 5.97. The van der Waals surface area contributed by atoms with E-state index in [1.54, 1.807) is 11.8 Å². The lowest BCUT2D eigenvalue weighted by Crippen LogP contribution is -2.40. The van der Waals surface area contributed by atoms with Crippen LogP contribution < -0.4 is 16.6 Å². The number of hydrazine groups is 1. The molecular weight excluding hydrogens is 291 g/mol. The zero-order valence-corrected chi connectivity index (χ0v) is 11.7. The van der Waals surface area contributed by atoms with E-state index in [0.717, 1.165) is 25.3 Å². The molecule has 1 heterocycles. The van der Waals surface area contributed by atoms with Crippen LogP contribution in [0.4, 0.5) is 24.9 Å². The molecule has 0 spiro atoms. The van der Waals surface area contributed by atoms with Crippen LogP contribution in [0.25, 0.3) is 0 Å². The molecule has 0 aliphatic heterocycles. The van der Waals surface area contributed by atoms with Crippen molar-refractivity contribution in [3.05, 3.63) is 11.8 Å². The molecule has 0 bridgehead atoms. The van der Waals surface area contributed by atoms with Crippen molar-refractivity contribution in [2.75, 3.05) is 23.5 Å². The molecule has 1 aliphatic rings. The topological polar surface area (TPSA) is 75.9 Å². The van der Waals surface area contributed by atoms with E-state index < -0.39 is 11.9 Å². The molecule has 1 fully saturated rings. The highest BCUT2D eigenvalue weighted by molar-refractivity contribution is 8.00. The smallest absolute Gasteiger partial charge is 0.368 e. The van der Waals surface area contributed by atoms with Crippen LogP contribution in [0.3, 0.4) is 0 Å². The lowest BCUT2D eigenvalue weighted by Gasteiger charge is -2.40. The fraction of sp³-hybridized carbons (Fsp3) is 0.636. The fourth-order valence-corrected chi connectivity index (χ4v) is 2.94. The van der Waals surface area contributed by atoms with E-state index in [0.29, 0.717) is 6.54 Å². The molecule has 0 atom stereocenters. The minimum atomic E-state index is -4.53. The molecule has 0 aromatic carbocycles. The third-order valence-electron chi connectivity index (χ3n) is 3.44. The van der Waals surface area contributed by atoms with Crippen molar-refractivity contribution in [2.24, 2.45) is 5.84 Å². The van der Waals surface area contributed by atoms with Gasteiger partial charge in [-0.15, -0.1) is 0 Å². The summed E-state index contributed by atoms with van der Waals surface area (Å²) in [5.41, 5.74) is 1.03. The van der Waals surface area contributed by atoms with Gasteiger partial charge in [0.05, 0.1) is 0 Å². The Morgan fingerprint density at radius 1 is 1.40 bits per heavy atom. The van der Waals surface area contributed by atoms with Gasteiger partial charge in [-0.05, 0) is 19.1 Å². The van der Waals surface area contributed by atoms with Crippen molar-refractivity contribution in [2.45, 2.75) is 30.2 Å². The fourth-order valence-electron chi connectivity index (χ4n) is 2.02. The molecular formula is C11H16F3N5S. The number of thioether (sulfide) groups is 1. The summed E-state index contributed by atoms with van der Waals surface area (Å²) in [5.74, 6) is 4.97. The van der Waals surface area contributed by atoms with E-state index >= 15 is 0 Å². The van der Waals surface area contributed by atoms with Crippen LogP contribution in [0, 0.1) is 0 Å². The molecule has 0 saturated heterocycles. The summed E-state index contributed by atoms with van der Waals surface area (Å²) in [4.78, 5) is 7.20. The van der Waals surface area contributed by atoms with Gasteiger partial charge in [0.2, 0.25) is 5.95 Å². The van der Waals surface area contributed by atoms with Crippen molar-refractivity contribution in [1.82, 2.24) is 9.97 Å². The summed E-state index contributed by atoms with van der Waals surface area (Å²) in [6.45, 7) is 0.576. The number of nitrogens with one attached hydrogen (secondary N) is 2. The van der Waals surface area contributed by atoms with Crippen LogP contribution >= 0.6 is 11.8 Å². The Hall–Kier alpha value is -1.22. The normalized spacial score (nSPS) is 17.4. The number of alkyl halides is 3. The van der Waals surface area contributed by atoms with Crippen LogP contribution in [0.1, 0.15) is 25.0 Å². The van der Waals surface area contributed by atoms with E-state index in [4.69, 9.17) is 5.84 Å². The van der Waals surface area contributed by atoms with Crippen molar-refractivity contribution < 1.29 is 13.2 Å². The summed E-state index contributed by atoms with van der Waals surface area (Å²) >= 11 is 1.73. The highest BCUT2D eigenvalue weighted by Gasteiger charge is 2.37. The number of anilines is 2. The Morgan fingerprint density at radius 2 is 2.10 bits per heavy atom. The zero-order chi connectivity index (χ0) is 14.8. The van der Waals surface area contributed by atoms with Crippen molar-refractivity contribution in [3.63, 3.8) is 0 Å². The molecule has 2 rings (SSSR count). The Bertz CT molecular complexity index is 470. The third-order valence-corrected chi connectivity index (χ3v) is 4.85. The first kappa shape index (κ1) is 15.2. The molecule has 1 aliphatic carbocycles. The molecule has 1 aromatic rings. The lowest BCUT2D eigenvalue weighted by atomic mass is 9.84. The van der Waals surface area contributed by atoms with Crippen LogP contribution in [0.5, 0.6) is 0 Å². The Labute approximate surface area is 118 Å². The van der Waals surface area contributed by atoms with Gasteiger partial charge in [0.25, 0.3) is 0 Å². The quantitative estimate of drug-likeness (QED) is 0.573. The summed E-state index contributed by atoms with van der Waals surface area (Å²) in [5, 5.41) is 2.96. The second kappa shape index (κ2) is 5.65. The SMILES string of the molecule is CSC1(CNc2cc(C(F)(F)F)nc(NN)n2)CCC1. The van der Waals surface area contributed by atoms with Gasteiger partial charge >= 0.3 is 6.18 Å². The minimum absolute atomic E-state index is 0.0969. The van der Waals surface area contributed by atoms with Gasteiger partial charge in [-0.3, -0.25) is 5.43 Å². The molecule has 0 amide bonds. The predicted octanol–water partition coefficient (Wildman–Crippen LogP) is 2.48. The summed E-state index contributed by atoms with van der Waals surface area (Å²) in [7, 11) is 0. The molecule has 20 heavy (non-hydrogen) atoms. The molecule has 4 N–H and O–H groups in total. The average Bonchev–Trinajstić information content (AvgIpc) is 2.36. The standard InChI is InChI=1S/C11H16F3N5S/c1-20-10(3-2-4-10)6-16-8-5-7(11(12,13)14)17-9(18-8)19-15/h5H,2-4,6,15H2,1H3,(H2,16,17,18,19). The van der Waals surface area contributed by atoms with Crippen LogP contribution in [-0.2, 0) is 6.18 Å². The van der Waals surface area contributed by atoms with Gasteiger partial charge in [-0.1, -0.05) is 6.42 Å². The van der Waals surface area contributed by atoms with Crippen molar-refractivity contribution in [1.29, 1.82) is 0 Å². The number of rotatable bonds is 5. The van der Waals surface area contributed by atoms with Gasteiger partial charge in [0.1, 0.15) is 5.82 Å². The van der Waals surface area contributed by atoms with E-state index in [-0.39, 0.29) is 16.5 Å².